The Morgan fingerprint density at radius 3 is 2.80 bits per heavy atom. The van der Waals surface area contributed by atoms with Crippen LogP contribution in [0.5, 0.6) is 0 Å². The fraction of sp³-hybridized carbons (Fsp3) is 0.600. The van der Waals surface area contributed by atoms with Gasteiger partial charge in [0.1, 0.15) is 0 Å². The fourth-order valence-corrected chi connectivity index (χ4v) is 1.44. The highest BCUT2D eigenvalue weighted by Crippen LogP contribution is 2.17. The van der Waals surface area contributed by atoms with Gasteiger partial charge in [-0.3, -0.25) is 4.68 Å². The first-order valence-electron chi connectivity index (χ1n) is 4.80. The van der Waals surface area contributed by atoms with Crippen LogP contribution in [0.15, 0.2) is 12.3 Å². The van der Waals surface area contributed by atoms with E-state index in [9.17, 15) is 4.79 Å². The smallest absolute Gasteiger partial charge is 0.333 e. The molecule has 0 aromatic carbocycles. The highest BCUT2D eigenvalue weighted by Gasteiger charge is 2.32. The lowest BCUT2D eigenvalue weighted by Gasteiger charge is -2.22. The molecule has 0 aliphatic rings. The van der Waals surface area contributed by atoms with Crippen molar-refractivity contribution in [2.75, 3.05) is 6.61 Å². The molecule has 1 aromatic heterocycles. The summed E-state index contributed by atoms with van der Waals surface area (Å²) in [6.07, 6.45) is 1.79. The number of carbonyl (C=O) groups excluding carboxylic acids is 1. The lowest BCUT2D eigenvalue weighted by molar-refractivity contribution is -0.152. The number of ether oxygens (including phenoxy) is 1. The second-order valence-corrected chi connectivity index (χ2v) is 4.23. The Kier molecular flexibility index (Phi) is 3.90. The molecule has 0 aliphatic heterocycles. The Morgan fingerprint density at radius 1 is 1.67 bits per heavy atom. The molecule has 1 heterocycles. The van der Waals surface area contributed by atoms with Crippen molar-refractivity contribution in [2.45, 2.75) is 31.6 Å². The maximum Gasteiger partial charge on any atom is 0.333 e. The first-order valence-corrected chi connectivity index (χ1v) is 5.92. The molecular weight excluding hydrogens is 260 g/mol. The van der Waals surface area contributed by atoms with Crippen LogP contribution in [0.25, 0.3) is 0 Å². The standard InChI is InChI=1S/C10H15BrN2O2/c1-4-15-9(14)10(2,3)13-6-5-8(7-11)12-13/h5-6H,4,7H2,1-3H3. The van der Waals surface area contributed by atoms with Gasteiger partial charge in [0.25, 0.3) is 0 Å². The number of nitrogens with zero attached hydrogens (tertiary/aromatic N) is 2. The summed E-state index contributed by atoms with van der Waals surface area (Å²) in [5.74, 6) is -0.269. The third-order valence-corrected chi connectivity index (χ3v) is 2.70. The molecule has 5 heteroatoms. The molecule has 1 aromatic rings. The molecule has 0 amide bonds. The highest BCUT2D eigenvalue weighted by molar-refractivity contribution is 9.08. The van der Waals surface area contributed by atoms with Crippen LogP contribution in [0.4, 0.5) is 0 Å². The average molecular weight is 275 g/mol. The quantitative estimate of drug-likeness (QED) is 0.624. The van der Waals surface area contributed by atoms with Gasteiger partial charge in [0.2, 0.25) is 0 Å². The van der Waals surface area contributed by atoms with Gasteiger partial charge in [-0.25, -0.2) is 4.79 Å². The Morgan fingerprint density at radius 2 is 2.33 bits per heavy atom. The van der Waals surface area contributed by atoms with Crippen LogP contribution in [0.1, 0.15) is 26.5 Å². The lowest BCUT2D eigenvalue weighted by atomic mass is 10.1. The highest BCUT2D eigenvalue weighted by atomic mass is 79.9. The summed E-state index contributed by atoms with van der Waals surface area (Å²) in [5.41, 5.74) is 0.142. The zero-order valence-corrected chi connectivity index (χ0v) is 10.7. The van der Waals surface area contributed by atoms with Gasteiger partial charge >= 0.3 is 5.97 Å². The number of hydrogen-bond acceptors (Lipinski definition) is 3. The van der Waals surface area contributed by atoms with E-state index in [1.54, 1.807) is 31.6 Å². The molecule has 0 saturated carbocycles. The Hall–Kier alpha value is -0.840. The summed E-state index contributed by atoms with van der Waals surface area (Å²) in [6.45, 7) is 5.75. The number of aromatic nitrogens is 2. The predicted octanol–water partition coefficient (Wildman–Crippen LogP) is 2.08. The Bertz CT molecular complexity index is 347. The number of carbonyl (C=O) groups is 1. The normalized spacial score (nSPS) is 11.5. The Labute approximate surface area is 97.7 Å². The van der Waals surface area contributed by atoms with E-state index < -0.39 is 5.54 Å². The molecule has 0 N–H and O–H groups in total. The predicted molar refractivity (Wildman–Crippen MR) is 60.8 cm³/mol. The maximum absolute atomic E-state index is 11.7. The van der Waals surface area contributed by atoms with E-state index >= 15 is 0 Å². The van der Waals surface area contributed by atoms with Crippen LogP contribution in [0.3, 0.4) is 0 Å². The molecule has 0 saturated heterocycles. The van der Waals surface area contributed by atoms with Crippen LogP contribution in [0, 0.1) is 0 Å². The van der Waals surface area contributed by atoms with Gasteiger partial charge < -0.3 is 4.74 Å². The van der Waals surface area contributed by atoms with E-state index in [0.717, 1.165) is 5.69 Å². The van der Waals surface area contributed by atoms with E-state index in [2.05, 4.69) is 21.0 Å². The molecule has 1 rings (SSSR count). The summed E-state index contributed by atoms with van der Waals surface area (Å²) in [7, 11) is 0. The number of alkyl halides is 1. The second kappa shape index (κ2) is 4.79. The van der Waals surface area contributed by atoms with E-state index in [0.29, 0.717) is 11.9 Å². The molecule has 0 aliphatic carbocycles. The molecule has 0 unspecified atom stereocenters. The summed E-state index contributed by atoms with van der Waals surface area (Å²) < 4.78 is 6.62. The molecule has 84 valence electrons. The first kappa shape index (κ1) is 12.2. The minimum atomic E-state index is -0.754. The van der Waals surface area contributed by atoms with Gasteiger partial charge in [0.15, 0.2) is 5.54 Å². The van der Waals surface area contributed by atoms with E-state index in [1.807, 2.05) is 6.07 Å². The largest absolute Gasteiger partial charge is 0.464 e. The first-order chi connectivity index (χ1) is 7.02. The van der Waals surface area contributed by atoms with Crippen molar-refractivity contribution in [1.82, 2.24) is 9.78 Å². The van der Waals surface area contributed by atoms with E-state index in [4.69, 9.17) is 4.74 Å². The topological polar surface area (TPSA) is 44.1 Å². The van der Waals surface area contributed by atoms with Gasteiger partial charge in [0, 0.05) is 11.5 Å². The lowest BCUT2D eigenvalue weighted by Crippen LogP contribution is -2.37. The van der Waals surface area contributed by atoms with Gasteiger partial charge in [-0.05, 0) is 26.8 Å². The number of halogens is 1. The molecule has 15 heavy (non-hydrogen) atoms. The summed E-state index contributed by atoms with van der Waals surface area (Å²) in [4.78, 5) is 11.7. The van der Waals surface area contributed by atoms with Crippen molar-refractivity contribution in [2.24, 2.45) is 0 Å². The number of rotatable bonds is 4. The summed E-state index contributed by atoms with van der Waals surface area (Å²) in [6, 6.07) is 1.87. The summed E-state index contributed by atoms with van der Waals surface area (Å²) >= 11 is 3.31. The van der Waals surface area contributed by atoms with E-state index in [1.165, 1.54) is 0 Å². The molecule has 4 nitrogen and oxygen atoms in total. The zero-order valence-electron chi connectivity index (χ0n) is 9.16. The fourth-order valence-electron chi connectivity index (χ4n) is 1.15. The maximum atomic E-state index is 11.7. The van der Waals surface area contributed by atoms with Crippen molar-refractivity contribution in [1.29, 1.82) is 0 Å². The van der Waals surface area contributed by atoms with Crippen molar-refractivity contribution >= 4 is 21.9 Å². The third-order valence-electron chi connectivity index (χ3n) is 2.13. The Balaban J connectivity index is 2.89. The van der Waals surface area contributed by atoms with Gasteiger partial charge in [-0.15, -0.1) is 0 Å². The van der Waals surface area contributed by atoms with Crippen LogP contribution < -0.4 is 0 Å². The van der Waals surface area contributed by atoms with Crippen molar-refractivity contribution in [3.8, 4) is 0 Å². The molecule has 0 radical (unpaired) electrons. The average Bonchev–Trinajstić information content (AvgIpc) is 2.66. The van der Waals surface area contributed by atoms with Gasteiger partial charge in [-0.1, -0.05) is 15.9 Å². The molecule has 0 atom stereocenters. The van der Waals surface area contributed by atoms with Crippen LogP contribution in [-0.2, 0) is 20.4 Å². The van der Waals surface area contributed by atoms with Crippen LogP contribution in [-0.4, -0.2) is 22.4 Å². The molecule has 0 spiro atoms. The second-order valence-electron chi connectivity index (χ2n) is 3.66. The monoisotopic (exact) mass is 274 g/mol. The van der Waals surface area contributed by atoms with Crippen molar-refractivity contribution < 1.29 is 9.53 Å². The SMILES string of the molecule is CCOC(=O)C(C)(C)n1ccc(CBr)n1. The molecular formula is C10H15BrN2O2. The summed E-state index contributed by atoms with van der Waals surface area (Å²) in [5, 5.41) is 4.95. The van der Waals surface area contributed by atoms with Crippen LogP contribution in [0.2, 0.25) is 0 Å². The zero-order chi connectivity index (χ0) is 11.5. The van der Waals surface area contributed by atoms with Crippen molar-refractivity contribution in [3.05, 3.63) is 18.0 Å². The van der Waals surface area contributed by atoms with Gasteiger partial charge in [0.05, 0.1) is 12.3 Å². The molecule has 0 fully saturated rings. The number of hydrogen-bond donors (Lipinski definition) is 0. The minimum Gasteiger partial charge on any atom is -0.464 e. The minimum absolute atomic E-state index is 0.269. The number of esters is 1. The molecule has 0 bridgehead atoms. The van der Waals surface area contributed by atoms with Crippen molar-refractivity contribution in [3.63, 3.8) is 0 Å². The van der Waals surface area contributed by atoms with Gasteiger partial charge in [-0.2, -0.15) is 5.10 Å². The third kappa shape index (κ3) is 2.59. The van der Waals surface area contributed by atoms with E-state index in [-0.39, 0.29) is 5.97 Å². The van der Waals surface area contributed by atoms with Crippen LogP contribution >= 0.6 is 15.9 Å².